The first kappa shape index (κ1) is 13.8. The molecule has 0 N–H and O–H groups in total. The van der Waals surface area contributed by atoms with Gasteiger partial charge in [-0.1, -0.05) is 49.7 Å². The van der Waals surface area contributed by atoms with Gasteiger partial charge >= 0.3 is 0 Å². The quantitative estimate of drug-likeness (QED) is 0.721. The number of hydrogen-bond acceptors (Lipinski definition) is 4. The largest absolute Gasteiger partial charge is 0.358 e. The van der Waals surface area contributed by atoms with Gasteiger partial charge in [-0.15, -0.1) is 0 Å². The maximum absolute atomic E-state index is 5.94. The predicted molar refractivity (Wildman–Crippen MR) is 80.6 cm³/mol. The molecule has 108 valence electrons. The fraction of sp³-hybridized carbons (Fsp3) is 0.267. The van der Waals surface area contributed by atoms with Gasteiger partial charge in [0.1, 0.15) is 24.0 Å². The summed E-state index contributed by atoms with van der Waals surface area (Å²) in [5.41, 5.74) is 2.26. The molecule has 0 saturated heterocycles. The summed E-state index contributed by atoms with van der Waals surface area (Å²) in [5, 5.41) is 9.13. The molecule has 21 heavy (non-hydrogen) atoms. The zero-order valence-corrected chi connectivity index (χ0v) is 12.8. The molecule has 0 unspecified atom stereocenters. The van der Waals surface area contributed by atoms with Gasteiger partial charge in [0.15, 0.2) is 5.76 Å². The maximum Gasteiger partial charge on any atom is 0.168 e. The minimum absolute atomic E-state index is 0.195. The molecule has 0 saturated carbocycles. The zero-order chi connectivity index (χ0) is 15.0. The molecule has 2 aromatic heterocycles. The van der Waals surface area contributed by atoms with E-state index >= 15 is 0 Å². The summed E-state index contributed by atoms with van der Waals surface area (Å²) in [6.45, 7) is 6.21. The number of rotatable bonds is 2. The fourth-order valence-corrected chi connectivity index (χ4v) is 2.24. The highest BCUT2D eigenvalue weighted by Crippen LogP contribution is 2.35. The minimum atomic E-state index is -0.195. The zero-order valence-electron chi connectivity index (χ0n) is 12.0. The van der Waals surface area contributed by atoms with E-state index in [9.17, 15) is 0 Å². The second-order valence-corrected chi connectivity index (χ2v) is 6.24. The van der Waals surface area contributed by atoms with E-state index in [-0.39, 0.29) is 5.41 Å². The van der Waals surface area contributed by atoms with Gasteiger partial charge < -0.3 is 4.52 Å². The van der Waals surface area contributed by atoms with E-state index in [4.69, 9.17) is 16.1 Å². The Morgan fingerprint density at radius 3 is 2.43 bits per heavy atom. The van der Waals surface area contributed by atoms with Gasteiger partial charge in [0.25, 0.3) is 0 Å². The van der Waals surface area contributed by atoms with Gasteiger partial charge in [0.05, 0.1) is 0 Å². The van der Waals surface area contributed by atoms with E-state index < -0.39 is 0 Å². The number of hydrogen-bond donors (Lipinski definition) is 0. The summed E-state index contributed by atoms with van der Waals surface area (Å²) >= 11 is 5.94. The Bertz CT molecular complexity index is 739. The van der Waals surface area contributed by atoms with Crippen LogP contribution in [-0.4, -0.2) is 19.9 Å². The number of benzene rings is 1. The molecule has 0 atom stereocenters. The highest BCUT2D eigenvalue weighted by molar-refractivity contribution is 6.30. The van der Waals surface area contributed by atoms with Crippen LogP contribution < -0.4 is 0 Å². The normalized spacial score (nSPS) is 11.8. The average molecular weight is 303 g/mol. The van der Waals surface area contributed by atoms with Gasteiger partial charge in [-0.3, -0.25) is 0 Å². The first-order valence-corrected chi connectivity index (χ1v) is 6.96. The molecule has 0 fully saturated rings. The molecule has 0 bridgehead atoms. The van der Waals surface area contributed by atoms with Crippen molar-refractivity contribution >= 4 is 11.6 Å². The topological polar surface area (TPSA) is 56.7 Å². The lowest BCUT2D eigenvalue weighted by molar-refractivity contribution is 0.329. The molecule has 0 aliphatic carbocycles. The molecule has 1 aromatic carbocycles. The van der Waals surface area contributed by atoms with Crippen molar-refractivity contribution < 1.29 is 4.52 Å². The van der Waals surface area contributed by atoms with Crippen molar-refractivity contribution in [2.75, 3.05) is 0 Å². The first-order valence-electron chi connectivity index (χ1n) is 6.58. The highest BCUT2D eigenvalue weighted by Gasteiger charge is 2.29. The second kappa shape index (κ2) is 5.00. The molecule has 0 aliphatic heterocycles. The van der Waals surface area contributed by atoms with Gasteiger partial charge in [-0.25, -0.2) is 9.67 Å². The van der Waals surface area contributed by atoms with Crippen LogP contribution >= 0.6 is 11.6 Å². The summed E-state index contributed by atoms with van der Waals surface area (Å²) in [5.74, 6) is 0.762. The molecule has 0 aliphatic rings. The average Bonchev–Trinajstić information content (AvgIpc) is 3.07. The summed E-state index contributed by atoms with van der Waals surface area (Å²) < 4.78 is 7.28. The monoisotopic (exact) mass is 302 g/mol. The lowest BCUT2D eigenvalue weighted by Gasteiger charge is -2.16. The van der Waals surface area contributed by atoms with Crippen LogP contribution in [0.15, 0.2) is 41.4 Å². The molecule has 3 aromatic rings. The first-order chi connectivity index (χ1) is 9.97. The van der Waals surface area contributed by atoms with Crippen LogP contribution in [-0.2, 0) is 5.41 Å². The number of aromatic nitrogens is 4. The summed E-state index contributed by atoms with van der Waals surface area (Å²) in [6, 6.07) is 7.47. The number of nitrogens with zero attached hydrogens (tertiary/aromatic N) is 4. The van der Waals surface area contributed by atoms with Gasteiger partial charge in [-0.2, -0.15) is 5.10 Å². The molecule has 0 radical (unpaired) electrons. The molecule has 2 heterocycles. The van der Waals surface area contributed by atoms with Crippen LogP contribution in [0.5, 0.6) is 0 Å². The van der Waals surface area contributed by atoms with Crippen molar-refractivity contribution in [2.24, 2.45) is 0 Å². The Hall–Kier alpha value is -2.14. The molecular formula is C15H15ClN4O. The molecule has 0 spiro atoms. The molecule has 3 rings (SSSR count). The van der Waals surface area contributed by atoms with E-state index in [1.165, 1.54) is 6.33 Å². The summed E-state index contributed by atoms with van der Waals surface area (Å²) in [6.07, 6.45) is 3.13. The molecule has 5 nitrogen and oxygen atoms in total. The van der Waals surface area contributed by atoms with Crippen molar-refractivity contribution in [3.63, 3.8) is 0 Å². The second-order valence-electron chi connectivity index (χ2n) is 5.81. The summed E-state index contributed by atoms with van der Waals surface area (Å²) in [4.78, 5) is 4.01. The van der Waals surface area contributed by atoms with Crippen LogP contribution in [0.4, 0.5) is 0 Å². The Morgan fingerprint density at radius 1 is 1.14 bits per heavy atom. The Balaban J connectivity index is 2.22. The van der Waals surface area contributed by atoms with E-state index in [1.54, 1.807) is 11.0 Å². The number of halogens is 1. The van der Waals surface area contributed by atoms with Crippen LogP contribution in [0, 0.1) is 0 Å². The Labute approximate surface area is 127 Å². The fourth-order valence-electron chi connectivity index (χ4n) is 2.11. The van der Waals surface area contributed by atoms with Crippen molar-refractivity contribution in [1.82, 2.24) is 19.9 Å². The Kier molecular flexibility index (Phi) is 3.29. The van der Waals surface area contributed by atoms with Gasteiger partial charge in [0.2, 0.25) is 0 Å². The third kappa shape index (κ3) is 2.56. The summed E-state index contributed by atoms with van der Waals surface area (Å²) in [7, 11) is 0. The SMILES string of the molecule is CC(C)(C)c1onc(-c2ccc(Cl)cc2)c1-n1cncn1. The maximum atomic E-state index is 5.94. The predicted octanol–water partition coefficient (Wildman–Crippen LogP) is 3.87. The van der Waals surface area contributed by atoms with Crippen molar-refractivity contribution in [3.8, 4) is 16.9 Å². The van der Waals surface area contributed by atoms with Crippen molar-refractivity contribution in [3.05, 3.63) is 47.7 Å². The minimum Gasteiger partial charge on any atom is -0.358 e. The van der Waals surface area contributed by atoms with Crippen molar-refractivity contribution in [2.45, 2.75) is 26.2 Å². The van der Waals surface area contributed by atoms with Crippen molar-refractivity contribution in [1.29, 1.82) is 0 Å². The standard InChI is InChI=1S/C15H15ClN4O/c1-15(2,3)14-13(20-9-17-8-18-20)12(19-21-14)10-4-6-11(16)7-5-10/h4-9H,1-3H3. The lowest BCUT2D eigenvalue weighted by atomic mass is 9.91. The van der Waals surface area contributed by atoms with E-state index in [1.807, 2.05) is 24.3 Å². The van der Waals surface area contributed by atoms with Crippen LogP contribution in [0.3, 0.4) is 0 Å². The molecule has 0 amide bonds. The van der Waals surface area contributed by atoms with E-state index in [2.05, 4.69) is 36.0 Å². The van der Waals surface area contributed by atoms with E-state index in [0.29, 0.717) is 5.02 Å². The Morgan fingerprint density at radius 2 is 1.86 bits per heavy atom. The van der Waals surface area contributed by atoms with Crippen LogP contribution in [0.2, 0.25) is 5.02 Å². The van der Waals surface area contributed by atoms with Crippen LogP contribution in [0.1, 0.15) is 26.5 Å². The lowest BCUT2D eigenvalue weighted by Crippen LogP contribution is -2.14. The van der Waals surface area contributed by atoms with Gasteiger partial charge in [-0.05, 0) is 12.1 Å². The third-order valence-electron chi connectivity index (χ3n) is 3.11. The molecule has 6 heteroatoms. The van der Waals surface area contributed by atoms with E-state index in [0.717, 1.165) is 22.7 Å². The van der Waals surface area contributed by atoms with Crippen LogP contribution in [0.25, 0.3) is 16.9 Å². The highest BCUT2D eigenvalue weighted by atomic mass is 35.5. The molecular weight excluding hydrogens is 288 g/mol. The smallest absolute Gasteiger partial charge is 0.168 e. The van der Waals surface area contributed by atoms with Gasteiger partial charge in [0, 0.05) is 16.0 Å². The third-order valence-corrected chi connectivity index (χ3v) is 3.37.